The van der Waals surface area contributed by atoms with Crippen LogP contribution in [0.4, 0.5) is 4.39 Å². The van der Waals surface area contributed by atoms with Crippen molar-refractivity contribution in [2.24, 2.45) is 0 Å². The van der Waals surface area contributed by atoms with E-state index >= 15 is 0 Å². The number of halogens is 1. The minimum atomic E-state index is -1.43. The Kier molecular flexibility index (Phi) is 12.6. The molecule has 242 valence electrons. The summed E-state index contributed by atoms with van der Waals surface area (Å²) in [7, 11) is -3.30. The lowest BCUT2D eigenvalue weighted by atomic mass is 10.2. The first-order valence-electron chi connectivity index (χ1n) is 14.9. The molecule has 3 aromatic carbocycles. The number of benzene rings is 3. The minimum Gasteiger partial charge on any atom is -0.477 e. The molecule has 0 unspecified atom stereocenters. The number of aromatic nitrogens is 3. The number of carboxylic acids is 1. The van der Waals surface area contributed by atoms with Gasteiger partial charge in [0.1, 0.15) is 5.69 Å². The van der Waals surface area contributed by atoms with Crippen molar-refractivity contribution in [3.05, 3.63) is 90.9 Å². The molecule has 0 atom stereocenters. The Balaban J connectivity index is 0.000000228. The summed E-state index contributed by atoms with van der Waals surface area (Å²) in [6.45, 7) is 21.1. The maximum Gasteiger partial charge on any atom is 0.352 e. The predicted molar refractivity (Wildman–Crippen MR) is 205 cm³/mol. The molecule has 3 aromatic heterocycles. The summed E-state index contributed by atoms with van der Waals surface area (Å²) in [5.41, 5.74) is 3.71. The lowest BCUT2D eigenvalue weighted by Gasteiger charge is -2.17. The average molecular weight is 662 g/mol. The number of rotatable bonds is 4. The van der Waals surface area contributed by atoms with Crippen LogP contribution < -0.4 is 15.6 Å². The lowest BCUT2D eigenvalue weighted by molar-refractivity contribution is 0.0691. The maximum absolute atomic E-state index is 10.9. The summed E-state index contributed by atoms with van der Waals surface area (Å²) in [6.07, 6.45) is 4.04. The van der Waals surface area contributed by atoms with Gasteiger partial charge in [-0.3, -0.25) is 4.39 Å². The molecular weight excluding hydrogens is 610 g/mol. The maximum atomic E-state index is 10.9. The number of H-pyrrole nitrogens is 3. The molecule has 0 bridgehead atoms. The number of carboxylic acid groups (broad SMARTS) is 1. The van der Waals surface area contributed by atoms with Gasteiger partial charge in [-0.05, 0) is 52.6 Å². The summed E-state index contributed by atoms with van der Waals surface area (Å²) < 4.78 is 9.50. The molecule has 0 aliphatic carbocycles. The van der Waals surface area contributed by atoms with Crippen molar-refractivity contribution >= 4 is 78.5 Å². The Labute approximate surface area is 271 Å². The zero-order chi connectivity index (χ0) is 32.9. The largest absolute Gasteiger partial charge is 0.477 e. The minimum absolute atomic E-state index is 0. The van der Waals surface area contributed by atoms with Crippen molar-refractivity contribution in [1.82, 2.24) is 15.0 Å². The molecule has 6 aromatic rings. The van der Waals surface area contributed by atoms with Crippen LogP contribution in [0.2, 0.25) is 58.9 Å². The van der Waals surface area contributed by atoms with Crippen molar-refractivity contribution in [1.29, 1.82) is 0 Å². The third-order valence-corrected chi connectivity index (χ3v) is 13.7. The highest BCUT2D eigenvalue weighted by Gasteiger charge is 2.21. The molecular formula is C36H52FN3O2Si3. The highest BCUT2D eigenvalue weighted by Crippen LogP contribution is 2.18. The monoisotopic (exact) mass is 661 g/mol. The van der Waals surface area contributed by atoms with Gasteiger partial charge in [-0.2, -0.15) is 0 Å². The van der Waals surface area contributed by atoms with Gasteiger partial charge in [-0.15, -0.1) is 0 Å². The van der Waals surface area contributed by atoms with Gasteiger partial charge >= 0.3 is 5.97 Å². The zero-order valence-electron chi connectivity index (χ0n) is 27.8. The molecule has 45 heavy (non-hydrogen) atoms. The smallest absolute Gasteiger partial charge is 0.352 e. The number of hydrogen-bond donors (Lipinski definition) is 4. The predicted octanol–water partition coefficient (Wildman–Crippen LogP) is 9.06. The van der Waals surface area contributed by atoms with E-state index in [-0.39, 0.29) is 13.1 Å². The average Bonchev–Trinajstić information content (AvgIpc) is 3.71. The van der Waals surface area contributed by atoms with Crippen LogP contribution in [0.3, 0.4) is 0 Å². The second-order valence-electron chi connectivity index (χ2n) is 14.0. The first-order chi connectivity index (χ1) is 20.6. The Morgan fingerprint density at radius 1 is 0.578 bits per heavy atom. The van der Waals surface area contributed by atoms with Crippen molar-refractivity contribution < 1.29 is 14.3 Å². The van der Waals surface area contributed by atoms with Gasteiger partial charge in [0.15, 0.2) is 0 Å². The number of fused-ring (bicyclic) bond motifs is 3. The highest BCUT2D eigenvalue weighted by atomic mass is 28.3. The van der Waals surface area contributed by atoms with E-state index in [1.54, 1.807) is 16.4 Å². The first-order valence-corrected chi connectivity index (χ1v) is 25.4. The highest BCUT2D eigenvalue weighted by molar-refractivity contribution is 6.91. The van der Waals surface area contributed by atoms with E-state index in [4.69, 9.17) is 5.11 Å². The van der Waals surface area contributed by atoms with E-state index in [0.29, 0.717) is 7.18 Å². The van der Waals surface area contributed by atoms with Gasteiger partial charge in [0.25, 0.3) is 0 Å². The molecule has 0 aliphatic heterocycles. The van der Waals surface area contributed by atoms with Crippen LogP contribution in [0, 0.1) is 0 Å². The Bertz CT molecular complexity index is 1750. The molecule has 0 radical (unpaired) electrons. The summed E-state index contributed by atoms with van der Waals surface area (Å²) in [6, 6.07) is 25.2. The van der Waals surface area contributed by atoms with Gasteiger partial charge in [-0.1, -0.05) is 118 Å². The fraction of sp³-hybridized carbons (Fsp3) is 0.306. The number of hydrogen-bond acceptors (Lipinski definition) is 1. The second kappa shape index (κ2) is 15.1. The van der Waals surface area contributed by atoms with Crippen LogP contribution in [0.5, 0.6) is 0 Å². The van der Waals surface area contributed by atoms with E-state index in [0.717, 1.165) is 10.9 Å². The Morgan fingerprint density at radius 2 is 0.933 bits per heavy atom. The molecule has 4 N–H and O–H groups in total. The van der Waals surface area contributed by atoms with Gasteiger partial charge in [0.05, 0.1) is 31.4 Å². The molecule has 0 saturated heterocycles. The fourth-order valence-electron chi connectivity index (χ4n) is 5.40. The Hall–Kier alpha value is -3.67. The standard InChI is InChI=1S/C12H15NO2Si.2C11H15NSi.CH3F.CH4/c1-16(2,3)11-6-4-5-9-8(11)7-10(13-9)12(14)15;2*1-13(2,3)11-6-4-5-10-9(11)7-8-12-10;1-2;/h4-7,13H,1-3H3,(H,14,15);2*4-8,12H,1-3H3;1H3;1H4. The van der Waals surface area contributed by atoms with Crippen LogP contribution in [0.1, 0.15) is 17.9 Å². The van der Waals surface area contributed by atoms with Crippen LogP contribution in [-0.4, -0.2) is 57.4 Å². The summed E-state index contributed by atoms with van der Waals surface area (Å²) >= 11 is 0. The zero-order valence-corrected chi connectivity index (χ0v) is 30.8. The molecule has 0 amide bonds. The molecule has 3 heterocycles. The molecule has 0 aliphatic rings. The van der Waals surface area contributed by atoms with Crippen molar-refractivity contribution in [3.8, 4) is 0 Å². The van der Waals surface area contributed by atoms with E-state index in [2.05, 4.69) is 128 Å². The number of carbonyl (C=O) groups is 1. The number of nitrogens with one attached hydrogen (secondary N) is 3. The number of alkyl halides is 1. The summed E-state index contributed by atoms with van der Waals surface area (Å²) in [4.78, 5) is 20.4. The van der Waals surface area contributed by atoms with E-state index in [1.165, 1.54) is 27.0 Å². The third kappa shape index (κ3) is 9.18. The van der Waals surface area contributed by atoms with E-state index < -0.39 is 30.2 Å². The van der Waals surface area contributed by atoms with Crippen molar-refractivity contribution in [2.75, 3.05) is 7.18 Å². The van der Waals surface area contributed by atoms with E-state index in [9.17, 15) is 9.18 Å². The number of aromatic carboxylic acids is 1. The topological polar surface area (TPSA) is 84.7 Å². The van der Waals surface area contributed by atoms with Crippen LogP contribution >= 0.6 is 0 Å². The van der Waals surface area contributed by atoms with Crippen molar-refractivity contribution in [2.45, 2.75) is 66.3 Å². The Morgan fingerprint density at radius 3 is 1.29 bits per heavy atom. The first kappa shape index (κ1) is 37.5. The van der Waals surface area contributed by atoms with Crippen LogP contribution in [-0.2, 0) is 0 Å². The SMILES string of the molecule is C.CF.C[Si](C)(C)c1cccc2[nH]c(C(=O)O)cc12.C[Si](C)(C)c1cccc2[nH]ccc12.C[Si](C)(C)c1cccc2[nH]ccc12. The summed E-state index contributed by atoms with van der Waals surface area (Å²) in [5.74, 6) is -0.905. The van der Waals surface area contributed by atoms with Crippen molar-refractivity contribution in [3.63, 3.8) is 0 Å². The van der Waals surface area contributed by atoms with Crippen LogP contribution in [0.15, 0.2) is 85.2 Å². The number of aromatic amines is 3. The third-order valence-electron chi connectivity index (χ3n) is 7.51. The second-order valence-corrected chi connectivity index (χ2v) is 29.1. The van der Waals surface area contributed by atoms with Gasteiger partial charge in [-0.25, -0.2) is 4.79 Å². The molecule has 9 heteroatoms. The normalized spacial score (nSPS) is 11.4. The van der Waals surface area contributed by atoms with Gasteiger partial charge in [0.2, 0.25) is 0 Å². The van der Waals surface area contributed by atoms with E-state index in [1.807, 2.05) is 24.5 Å². The van der Waals surface area contributed by atoms with Gasteiger partial charge in [0, 0.05) is 28.9 Å². The van der Waals surface area contributed by atoms with Crippen LogP contribution in [0.25, 0.3) is 32.7 Å². The fourth-order valence-corrected chi connectivity index (χ4v) is 10.3. The van der Waals surface area contributed by atoms with Gasteiger partial charge < -0.3 is 20.1 Å². The molecule has 5 nitrogen and oxygen atoms in total. The molecule has 0 saturated carbocycles. The molecule has 0 spiro atoms. The lowest BCUT2D eigenvalue weighted by Crippen LogP contribution is -2.37. The summed E-state index contributed by atoms with van der Waals surface area (Å²) in [5, 5.41) is 17.2. The quantitative estimate of drug-likeness (QED) is 0.142. The molecule has 0 fully saturated rings. The molecule has 6 rings (SSSR count).